The smallest absolute Gasteiger partial charge is 0.129 e. The van der Waals surface area contributed by atoms with Crippen molar-refractivity contribution >= 4 is 11.7 Å². The number of ether oxygens (including phenoxy) is 2. The molecular formula is C19H28N4O2. The van der Waals surface area contributed by atoms with Crippen molar-refractivity contribution in [2.24, 2.45) is 15.7 Å². The molecule has 0 radical (unpaired) electrons. The summed E-state index contributed by atoms with van der Waals surface area (Å²) >= 11 is 0. The fourth-order valence-corrected chi connectivity index (χ4v) is 2.35. The number of aliphatic imine (C=N–C) groups is 2. The summed E-state index contributed by atoms with van der Waals surface area (Å²) in [5.41, 5.74) is 8.46. The lowest BCUT2D eigenvalue weighted by Crippen LogP contribution is -2.31. The highest BCUT2D eigenvalue weighted by atomic mass is 16.5. The van der Waals surface area contributed by atoms with Crippen LogP contribution in [0.15, 0.2) is 44.9 Å². The van der Waals surface area contributed by atoms with Gasteiger partial charge < -0.3 is 20.1 Å². The third kappa shape index (κ3) is 5.50. The Labute approximate surface area is 150 Å². The highest BCUT2D eigenvalue weighted by Crippen LogP contribution is 2.30. The molecule has 25 heavy (non-hydrogen) atoms. The van der Waals surface area contributed by atoms with Gasteiger partial charge in [-0.05, 0) is 20.8 Å². The number of nitrogens with two attached hydrogens (primary N) is 1. The van der Waals surface area contributed by atoms with Crippen LogP contribution < -0.4 is 5.73 Å². The Morgan fingerprint density at radius 3 is 2.80 bits per heavy atom. The Hall–Kier alpha value is -2.52. The van der Waals surface area contributed by atoms with E-state index in [9.17, 15) is 0 Å². The molecule has 0 unspecified atom stereocenters. The summed E-state index contributed by atoms with van der Waals surface area (Å²) < 4.78 is 11.0. The largest absolute Gasteiger partial charge is 0.501 e. The Bertz CT molecular complexity index is 688. The summed E-state index contributed by atoms with van der Waals surface area (Å²) in [6.07, 6.45) is 4.31. The predicted octanol–water partition coefficient (Wildman–Crippen LogP) is 2.46. The van der Waals surface area contributed by atoms with E-state index in [0.717, 1.165) is 22.9 Å². The van der Waals surface area contributed by atoms with Crippen molar-refractivity contribution in [2.75, 3.05) is 34.4 Å². The molecule has 136 valence electrons. The third-order valence-electron chi connectivity index (χ3n) is 3.73. The molecule has 1 rings (SSSR count). The van der Waals surface area contributed by atoms with Crippen LogP contribution in [0.3, 0.4) is 0 Å². The van der Waals surface area contributed by atoms with Crippen molar-refractivity contribution in [3.05, 3.63) is 34.9 Å². The van der Waals surface area contributed by atoms with E-state index in [1.165, 1.54) is 0 Å². The average Bonchev–Trinajstić information content (AvgIpc) is 2.78. The van der Waals surface area contributed by atoms with Gasteiger partial charge in [0.1, 0.15) is 24.0 Å². The van der Waals surface area contributed by atoms with Crippen LogP contribution in [-0.2, 0) is 9.47 Å². The summed E-state index contributed by atoms with van der Waals surface area (Å²) in [7, 11) is 5.33. The minimum Gasteiger partial charge on any atom is -0.501 e. The number of nitrogens with zero attached hydrogens (tertiary/aromatic N) is 3. The van der Waals surface area contributed by atoms with Crippen LogP contribution >= 0.6 is 0 Å². The van der Waals surface area contributed by atoms with E-state index in [-0.39, 0.29) is 0 Å². The van der Waals surface area contributed by atoms with Gasteiger partial charge in [0.15, 0.2) is 0 Å². The van der Waals surface area contributed by atoms with Crippen LogP contribution in [0, 0.1) is 11.8 Å². The molecular weight excluding hydrogens is 316 g/mol. The summed E-state index contributed by atoms with van der Waals surface area (Å²) in [5.74, 6) is 7.86. The monoisotopic (exact) mass is 344 g/mol. The molecule has 0 fully saturated rings. The molecule has 0 amide bonds. The van der Waals surface area contributed by atoms with Gasteiger partial charge in [-0.15, -0.1) is 5.92 Å². The average molecular weight is 344 g/mol. The fraction of sp³-hybridized carbons (Fsp3) is 0.474. The topological polar surface area (TPSA) is 72.4 Å². The first-order valence-corrected chi connectivity index (χ1v) is 8.18. The van der Waals surface area contributed by atoms with Gasteiger partial charge in [-0.3, -0.25) is 4.99 Å². The molecule has 0 aliphatic carbocycles. The second-order valence-electron chi connectivity index (χ2n) is 5.29. The van der Waals surface area contributed by atoms with Crippen LogP contribution in [0.1, 0.15) is 27.2 Å². The van der Waals surface area contributed by atoms with Gasteiger partial charge in [-0.25, -0.2) is 4.99 Å². The molecule has 0 bridgehead atoms. The van der Waals surface area contributed by atoms with Crippen molar-refractivity contribution < 1.29 is 9.47 Å². The second-order valence-corrected chi connectivity index (χ2v) is 5.29. The van der Waals surface area contributed by atoms with E-state index in [1.54, 1.807) is 27.2 Å². The number of amidine groups is 2. The van der Waals surface area contributed by atoms with Gasteiger partial charge in [-0.2, -0.15) is 0 Å². The zero-order chi connectivity index (χ0) is 18.8. The van der Waals surface area contributed by atoms with Gasteiger partial charge in [0.05, 0.1) is 24.1 Å². The van der Waals surface area contributed by atoms with Gasteiger partial charge in [-0.1, -0.05) is 12.0 Å². The number of rotatable bonds is 5. The van der Waals surface area contributed by atoms with Crippen molar-refractivity contribution in [3.8, 4) is 11.8 Å². The minimum absolute atomic E-state index is 0.421. The second kappa shape index (κ2) is 10.4. The molecule has 0 saturated heterocycles. The predicted molar refractivity (Wildman–Crippen MR) is 103 cm³/mol. The maximum atomic E-state index is 6.03. The summed E-state index contributed by atoms with van der Waals surface area (Å²) in [6.45, 7) is 6.67. The zero-order valence-corrected chi connectivity index (χ0v) is 16.0. The number of allylic oxidation sites excluding steroid dienone is 2. The zero-order valence-electron chi connectivity index (χ0n) is 16.0. The van der Waals surface area contributed by atoms with Gasteiger partial charge in [0.25, 0.3) is 0 Å². The number of hydrogen-bond donors (Lipinski definition) is 1. The summed E-state index contributed by atoms with van der Waals surface area (Å²) in [5, 5.41) is 0. The molecule has 6 heteroatoms. The number of likely N-dealkylation sites (N-methyl/N-ethyl adjacent to an activating group) is 1. The maximum absolute atomic E-state index is 6.03. The summed E-state index contributed by atoms with van der Waals surface area (Å²) in [4.78, 5) is 10.8. The van der Waals surface area contributed by atoms with Crippen LogP contribution in [-0.4, -0.2) is 51.0 Å². The molecule has 1 aliphatic heterocycles. The van der Waals surface area contributed by atoms with E-state index < -0.39 is 0 Å². The van der Waals surface area contributed by atoms with Gasteiger partial charge >= 0.3 is 0 Å². The lowest BCUT2D eigenvalue weighted by atomic mass is 10.1. The van der Waals surface area contributed by atoms with E-state index in [0.29, 0.717) is 31.2 Å². The highest BCUT2D eigenvalue weighted by Gasteiger charge is 2.23. The molecule has 1 heterocycles. The van der Waals surface area contributed by atoms with Crippen molar-refractivity contribution in [3.63, 3.8) is 0 Å². The van der Waals surface area contributed by atoms with E-state index in [1.807, 2.05) is 31.9 Å². The Kier molecular flexibility index (Phi) is 8.51. The number of methoxy groups -OCH3 is 1. The first-order chi connectivity index (χ1) is 12.0. The maximum Gasteiger partial charge on any atom is 0.129 e. The number of hydrogen-bond acceptors (Lipinski definition) is 5. The first-order valence-electron chi connectivity index (χ1n) is 8.18. The lowest BCUT2D eigenvalue weighted by Gasteiger charge is -2.26. The SMILES string of the molecule is CC#C/C=C1/N=C(N)CC=C(N(C)C(COCC)=NC)/C1=C(/C)OC. The van der Waals surface area contributed by atoms with Crippen molar-refractivity contribution in [1.29, 1.82) is 0 Å². The van der Waals surface area contributed by atoms with Crippen LogP contribution in [0.25, 0.3) is 0 Å². The Morgan fingerprint density at radius 1 is 1.52 bits per heavy atom. The lowest BCUT2D eigenvalue weighted by molar-refractivity contribution is 0.181. The van der Waals surface area contributed by atoms with Gasteiger partial charge in [0, 0.05) is 33.2 Å². The Balaban J connectivity index is 3.46. The fourth-order valence-electron chi connectivity index (χ4n) is 2.35. The van der Waals surface area contributed by atoms with Crippen molar-refractivity contribution in [2.45, 2.75) is 27.2 Å². The van der Waals surface area contributed by atoms with Crippen molar-refractivity contribution in [1.82, 2.24) is 4.90 Å². The highest BCUT2D eigenvalue weighted by molar-refractivity contribution is 5.88. The van der Waals surface area contributed by atoms with Crippen LogP contribution in [0.2, 0.25) is 0 Å². The molecule has 0 atom stereocenters. The molecule has 0 aromatic rings. The molecule has 0 saturated carbocycles. The molecule has 2 N–H and O–H groups in total. The molecule has 6 nitrogen and oxygen atoms in total. The van der Waals surface area contributed by atoms with E-state index in [4.69, 9.17) is 15.2 Å². The third-order valence-corrected chi connectivity index (χ3v) is 3.73. The van der Waals surface area contributed by atoms with Crippen LogP contribution in [0.5, 0.6) is 0 Å². The molecule has 1 aliphatic rings. The van der Waals surface area contributed by atoms with E-state index >= 15 is 0 Å². The summed E-state index contributed by atoms with van der Waals surface area (Å²) in [6, 6.07) is 0. The van der Waals surface area contributed by atoms with E-state index in [2.05, 4.69) is 21.8 Å². The molecule has 0 aromatic heterocycles. The Morgan fingerprint density at radius 2 is 2.24 bits per heavy atom. The van der Waals surface area contributed by atoms with Gasteiger partial charge in [0.2, 0.25) is 0 Å². The van der Waals surface area contributed by atoms with Crippen LogP contribution in [0.4, 0.5) is 0 Å². The molecule has 0 aromatic carbocycles. The first kappa shape index (κ1) is 20.5. The normalized spacial score (nSPS) is 18.6. The standard InChI is InChI=1S/C19H28N4O2/c1-7-9-10-15-19(14(3)24-6)16(11-12-17(20)22-15)23(5)18(21-4)13-25-8-2/h10-11H,8,12-13H2,1-6H3,(H2,20,22)/b15-10+,19-14-,21-18?. The minimum atomic E-state index is 0.421. The quantitative estimate of drug-likeness (QED) is 0.360. The molecule has 0 spiro atoms.